The van der Waals surface area contributed by atoms with Crippen LogP contribution in [0.15, 0.2) is 41.5 Å². The zero-order valence-corrected chi connectivity index (χ0v) is 21.4. The third kappa shape index (κ3) is 6.20. The van der Waals surface area contributed by atoms with Gasteiger partial charge in [-0.2, -0.15) is 0 Å². The van der Waals surface area contributed by atoms with Crippen LogP contribution in [0.3, 0.4) is 0 Å². The van der Waals surface area contributed by atoms with Crippen molar-refractivity contribution in [3.8, 4) is 5.75 Å². The van der Waals surface area contributed by atoms with E-state index in [0.717, 1.165) is 61.6 Å². The molecule has 1 aliphatic rings. The van der Waals surface area contributed by atoms with Gasteiger partial charge in [-0.15, -0.1) is 24.0 Å². The van der Waals surface area contributed by atoms with Gasteiger partial charge >= 0.3 is 0 Å². The third-order valence-electron chi connectivity index (χ3n) is 5.38. The lowest BCUT2D eigenvalue weighted by Gasteiger charge is -2.23. The summed E-state index contributed by atoms with van der Waals surface area (Å²) in [5.41, 5.74) is 2.33. The van der Waals surface area contributed by atoms with Crippen LogP contribution in [-0.4, -0.2) is 55.8 Å². The Balaban J connectivity index is 0.00000320. The Labute approximate surface area is 202 Å². The number of benzene rings is 1. The molecule has 1 aromatic heterocycles. The summed E-state index contributed by atoms with van der Waals surface area (Å²) in [5, 5.41) is 4.18. The largest absolute Gasteiger partial charge is 0.495 e. The van der Waals surface area contributed by atoms with Crippen LogP contribution in [-0.2, 0) is 13.6 Å². The number of aryl methyl sites for hydroxylation is 1. The molecular formula is C22H33ClIN5O. The molecule has 0 radical (unpaired) electrons. The SMILES string of the molecule is CCNC(=NCC1CCN(c2ccccc2OC)C1)N(C)Cc1cc(Cl)cn1C.I. The second-order valence-corrected chi connectivity index (χ2v) is 8.02. The summed E-state index contributed by atoms with van der Waals surface area (Å²) in [5.74, 6) is 2.40. The normalized spacial score (nSPS) is 16.4. The lowest BCUT2D eigenvalue weighted by molar-refractivity contribution is 0.414. The molecular weight excluding hydrogens is 513 g/mol. The standard InChI is InChI=1S/C22H32ClN5O.HI/c1-5-24-22(27(3)16-19-12-18(23)15-26(19)2)25-13-17-10-11-28(14-17)20-8-6-7-9-21(20)29-4;/h6-9,12,15,17H,5,10-11,13-14,16H2,1-4H3,(H,24,25);1H. The maximum Gasteiger partial charge on any atom is 0.194 e. The lowest BCUT2D eigenvalue weighted by Crippen LogP contribution is -2.39. The van der Waals surface area contributed by atoms with Crippen molar-refractivity contribution in [1.29, 1.82) is 0 Å². The van der Waals surface area contributed by atoms with E-state index in [-0.39, 0.29) is 24.0 Å². The number of hydrogen-bond acceptors (Lipinski definition) is 3. The Morgan fingerprint density at radius 3 is 2.80 bits per heavy atom. The maximum atomic E-state index is 6.12. The van der Waals surface area contributed by atoms with E-state index in [1.807, 2.05) is 31.4 Å². The molecule has 2 heterocycles. The number of halogens is 2. The summed E-state index contributed by atoms with van der Waals surface area (Å²) >= 11 is 6.12. The van der Waals surface area contributed by atoms with E-state index in [1.165, 1.54) is 5.69 Å². The molecule has 0 saturated carbocycles. The highest BCUT2D eigenvalue weighted by Gasteiger charge is 2.24. The van der Waals surface area contributed by atoms with Crippen molar-refractivity contribution < 1.29 is 4.74 Å². The Morgan fingerprint density at radius 2 is 2.13 bits per heavy atom. The average Bonchev–Trinajstić information content (AvgIpc) is 3.31. The van der Waals surface area contributed by atoms with Gasteiger partial charge in [-0.1, -0.05) is 23.7 Å². The van der Waals surface area contributed by atoms with Gasteiger partial charge in [-0.25, -0.2) is 0 Å². The van der Waals surface area contributed by atoms with Gasteiger partial charge in [-0.05, 0) is 37.5 Å². The van der Waals surface area contributed by atoms with Gasteiger partial charge in [-0.3, -0.25) is 4.99 Å². The number of hydrogen-bond donors (Lipinski definition) is 1. The smallest absolute Gasteiger partial charge is 0.194 e. The number of guanidine groups is 1. The fourth-order valence-corrected chi connectivity index (χ4v) is 4.09. The first kappa shape index (κ1) is 24.7. The molecule has 8 heteroatoms. The highest BCUT2D eigenvalue weighted by molar-refractivity contribution is 14.0. The van der Waals surface area contributed by atoms with Crippen molar-refractivity contribution in [1.82, 2.24) is 14.8 Å². The fraction of sp³-hybridized carbons (Fsp3) is 0.500. The molecule has 0 spiro atoms. The minimum Gasteiger partial charge on any atom is -0.495 e. The highest BCUT2D eigenvalue weighted by atomic mass is 127. The van der Waals surface area contributed by atoms with Crippen LogP contribution in [0.2, 0.25) is 5.02 Å². The quantitative estimate of drug-likeness (QED) is 0.321. The molecule has 6 nitrogen and oxygen atoms in total. The zero-order valence-electron chi connectivity index (χ0n) is 18.3. The van der Waals surface area contributed by atoms with Gasteiger partial charge in [0, 0.05) is 52.2 Å². The van der Waals surface area contributed by atoms with Gasteiger partial charge in [0.25, 0.3) is 0 Å². The van der Waals surface area contributed by atoms with E-state index in [2.05, 4.69) is 45.8 Å². The summed E-state index contributed by atoms with van der Waals surface area (Å²) in [6.45, 7) is 6.55. The third-order valence-corrected chi connectivity index (χ3v) is 5.59. The molecule has 1 aliphatic heterocycles. The fourth-order valence-electron chi connectivity index (χ4n) is 3.82. The van der Waals surface area contributed by atoms with Gasteiger partial charge in [0.15, 0.2) is 5.96 Å². The summed E-state index contributed by atoms with van der Waals surface area (Å²) in [6.07, 6.45) is 3.07. The molecule has 1 aromatic carbocycles. The Bertz CT molecular complexity index is 841. The van der Waals surface area contributed by atoms with Crippen molar-refractivity contribution in [2.45, 2.75) is 19.9 Å². The molecule has 166 valence electrons. The number of aromatic nitrogens is 1. The number of nitrogens with one attached hydrogen (secondary N) is 1. The van der Waals surface area contributed by atoms with E-state index < -0.39 is 0 Å². The molecule has 1 atom stereocenters. The minimum absolute atomic E-state index is 0. The topological polar surface area (TPSA) is 45.0 Å². The van der Waals surface area contributed by atoms with Crippen LogP contribution < -0.4 is 15.0 Å². The molecule has 2 aromatic rings. The number of nitrogens with zero attached hydrogens (tertiary/aromatic N) is 4. The Morgan fingerprint density at radius 1 is 1.37 bits per heavy atom. The molecule has 1 N–H and O–H groups in total. The molecule has 0 aliphatic carbocycles. The summed E-state index contributed by atoms with van der Waals surface area (Å²) < 4.78 is 7.59. The van der Waals surface area contributed by atoms with Crippen LogP contribution in [0.4, 0.5) is 5.69 Å². The second-order valence-electron chi connectivity index (χ2n) is 7.58. The molecule has 1 fully saturated rings. The van der Waals surface area contributed by atoms with Crippen LogP contribution in [0.1, 0.15) is 19.0 Å². The first-order valence-electron chi connectivity index (χ1n) is 10.2. The van der Waals surface area contributed by atoms with Crippen LogP contribution >= 0.6 is 35.6 Å². The Hall–Kier alpha value is -1.61. The number of methoxy groups -OCH3 is 1. The molecule has 0 amide bonds. The van der Waals surface area contributed by atoms with E-state index >= 15 is 0 Å². The number of aliphatic imine (C=N–C) groups is 1. The van der Waals surface area contributed by atoms with Gasteiger partial charge in [0.1, 0.15) is 5.75 Å². The molecule has 3 rings (SSSR count). The molecule has 1 saturated heterocycles. The van der Waals surface area contributed by atoms with Gasteiger partial charge < -0.3 is 24.4 Å². The monoisotopic (exact) mass is 545 g/mol. The van der Waals surface area contributed by atoms with Gasteiger partial charge in [0.2, 0.25) is 0 Å². The Kier molecular flexibility index (Phi) is 9.61. The van der Waals surface area contributed by atoms with Crippen LogP contribution in [0.25, 0.3) is 0 Å². The van der Waals surface area contributed by atoms with E-state index in [0.29, 0.717) is 5.92 Å². The van der Waals surface area contributed by atoms with Gasteiger partial charge in [0.05, 0.1) is 24.4 Å². The maximum absolute atomic E-state index is 6.12. The highest BCUT2D eigenvalue weighted by Crippen LogP contribution is 2.32. The summed E-state index contributed by atoms with van der Waals surface area (Å²) in [7, 11) is 5.82. The summed E-state index contributed by atoms with van der Waals surface area (Å²) in [4.78, 5) is 9.49. The zero-order chi connectivity index (χ0) is 20.8. The number of rotatable bonds is 7. The second kappa shape index (κ2) is 11.7. The van der Waals surface area contributed by atoms with E-state index in [1.54, 1.807) is 7.11 Å². The number of ether oxygens (including phenoxy) is 1. The first-order valence-corrected chi connectivity index (χ1v) is 10.6. The van der Waals surface area contributed by atoms with E-state index in [4.69, 9.17) is 21.3 Å². The average molecular weight is 546 g/mol. The van der Waals surface area contributed by atoms with Crippen molar-refractivity contribution >= 4 is 47.2 Å². The lowest BCUT2D eigenvalue weighted by atomic mass is 10.1. The van der Waals surface area contributed by atoms with Crippen molar-refractivity contribution in [2.24, 2.45) is 18.0 Å². The molecule has 1 unspecified atom stereocenters. The molecule has 0 bridgehead atoms. The first-order chi connectivity index (χ1) is 14.0. The van der Waals surface area contributed by atoms with Crippen molar-refractivity contribution in [3.63, 3.8) is 0 Å². The molecule has 30 heavy (non-hydrogen) atoms. The van der Waals surface area contributed by atoms with Crippen molar-refractivity contribution in [3.05, 3.63) is 47.2 Å². The number of para-hydroxylation sites is 2. The predicted molar refractivity (Wildman–Crippen MR) is 137 cm³/mol. The minimum atomic E-state index is 0. The summed E-state index contributed by atoms with van der Waals surface area (Å²) in [6, 6.07) is 10.2. The van der Waals surface area contributed by atoms with Crippen molar-refractivity contribution in [2.75, 3.05) is 45.2 Å². The predicted octanol–water partition coefficient (Wildman–Crippen LogP) is 4.23. The number of anilines is 1. The van der Waals surface area contributed by atoms with Crippen LogP contribution in [0, 0.1) is 5.92 Å². The van der Waals surface area contributed by atoms with E-state index in [9.17, 15) is 0 Å². The van der Waals surface area contributed by atoms with Crippen LogP contribution in [0.5, 0.6) is 5.75 Å².